The van der Waals surface area contributed by atoms with E-state index in [1.54, 1.807) is 12.3 Å². The third kappa shape index (κ3) is 3.44. The van der Waals surface area contributed by atoms with Crippen molar-refractivity contribution in [3.63, 3.8) is 0 Å². The fraction of sp³-hybridized carbons (Fsp3) is 0.214. The summed E-state index contributed by atoms with van der Waals surface area (Å²) in [5.74, 6) is 0.404. The molecule has 0 amide bonds. The van der Waals surface area contributed by atoms with E-state index in [9.17, 15) is 9.18 Å². The molecule has 1 aromatic heterocycles. The quantitative estimate of drug-likeness (QED) is 0.824. The van der Waals surface area contributed by atoms with Crippen LogP contribution in [0.15, 0.2) is 41.0 Å². The summed E-state index contributed by atoms with van der Waals surface area (Å²) in [5, 5.41) is 0.419. The highest BCUT2D eigenvalue weighted by molar-refractivity contribution is 6.31. The minimum absolute atomic E-state index is 0.0129. The van der Waals surface area contributed by atoms with E-state index in [1.165, 1.54) is 18.2 Å². The molecule has 94 valence electrons. The Kier molecular flexibility index (Phi) is 4.15. The number of ketones is 1. The minimum atomic E-state index is -0.381. The molecule has 0 aliphatic carbocycles. The number of aryl methyl sites for hydroxylation is 1. The molecule has 0 fully saturated rings. The maximum Gasteiger partial charge on any atom is 0.137 e. The van der Waals surface area contributed by atoms with Crippen LogP contribution < -0.4 is 0 Å². The van der Waals surface area contributed by atoms with Gasteiger partial charge in [-0.1, -0.05) is 11.6 Å². The molecule has 1 heterocycles. The molecule has 0 radical (unpaired) electrons. The molecule has 0 saturated heterocycles. The summed E-state index contributed by atoms with van der Waals surface area (Å²) >= 11 is 5.90. The van der Waals surface area contributed by atoms with Gasteiger partial charge in [-0.3, -0.25) is 4.79 Å². The molecule has 0 atom stereocenters. The molecule has 18 heavy (non-hydrogen) atoms. The van der Waals surface area contributed by atoms with Gasteiger partial charge in [-0.15, -0.1) is 0 Å². The average Bonchev–Trinajstić information content (AvgIpc) is 2.84. The number of rotatable bonds is 5. The first-order valence-corrected chi connectivity index (χ1v) is 6.01. The second kappa shape index (κ2) is 5.83. The summed E-state index contributed by atoms with van der Waals surface area (Å²) < 4.78 is 18.2. The molecule has 0 unspecified atom stereocenters. The number of hydrogen-bond donors (Lipinski definition) is 0. The molecule has 0 bridgehead atoms. The Bertz CT molecular complexity index is 535. The van der Waals surface area contributed by atoms with Crippen molar-refractivity contribution in [1.29, 1.82) is 0 Å². The van der Waals surface area contributed by atoms with E-state index in [2.05, 4.69) is 0 Å². The molecular formula is C14H12ClFO2. The van der Waals surface area contributed by atoms with E-state index < -0.39 is 0 Å². The van der Waals surface area contributed by atoms with E-state index in [4.69, 9.17) is 16.0 Å². The van der Waals surface area contributed by atoms with Crippen molar-refractivity contribution in [2.24, 2.45) is 0 Å². The van der Waals surface area contributed by atoms with Gasteiger partial charge in [0.2, 0.25) is 0 Å². The van der Waals surface area contributed by atoms with Crippen molar-refractivity contribution < 1.29 is 13.6 Å². The summed E-state index contributed by atoms with van der Waals surface area (Å²) in [6, 6.07) is 7.64. The monoisotopic (exact) mass is 266 g/mol. The summed E-state index contributed by atoms with van der Waals surface area (Å²) in [5.41, 5.74) is 0.529. The molecule has 1 aromatic carbocycles. The second-order valence-electron chi connectivity index (χ2n) is 4.03. The third-order valence-corrected chi connectivity index (χ3v) is 2.99. The molecule has 2 nitrogen and oxygen atoms in total. The van der Waals surface area contributed by atoms with E-state index in [-0.39, 0.29) is 18.0 Å². The molecule has 0 aliphatic rings. The van der Waals surface area contributed by atoms with Crippen molar-refractivity contribution in [1.82, 2.24) is 0 Å². The number of carbonyl (C=O) groups is 1. The van der Waals surface area contributed by atoms with Gasteiger partial charge in [-0.05, 0) is 35.9 Å². The van der Waals surface area contributed by atoms with Crippen LogP contribution in [0, 0.1) is 5.82 Å². The normalized spacial score (nSPS) is 10.6. The largest absolute Gasteiger partial charge is 0.469 e. The first-order chi connectivity index (χ1) is 8.65. The summed E-state index contributed by atoms with van der Waals surface area (Å²) in [7, 11) is 0. The van der Waals surface area contributed by atoms with Gasteiger partial charge in [0, 0.05) is 24.3 Å². The third-order valence-electron chi connectivity index (χ3n) is 2.63. The lowest BCUT2D eigenvalue weighted by Crippen LogP contribution is -2.05. The van der Waals surface area contributed by atoms with Crippen LogP contribution in [0.1, 0.15) is 17.7 Å². The Labute approximate surface area is 109 Å². The molecule has 0 spiro atoms. The van der Waals surface area contributed by atoms with Crippen LogP contribution in [0.2, 0.25) is 5.02 Å². The highest BCUT2D eigenvalue weighted by Gasteiger charge is 2.09. The maximum atomic E-state index is 13.0. The van der Waals surface area contributed by atoms with Crippen LogP contribution in [-0.2, 0) is 17.6 Å². The van der Waals surface area contributed by atoms with Crippen LogP contribution in [0.4, 0.5) is 4.39 Å². The first kappa shape index (κ1) is 12.8. The Morgan fingerprint density at radius 1 is 1.33 bits per heavy atom. The van der Waals surface area contributed by atoms with E-state index in [0.717, 1.165) is 5.76 Å². The van der Waals surface area contributed by atoms with E-state index in [0.29, 0.717) is 23.4 Å². The van der Waals surface area contributed by atoms with E-state index >= 15 is 0 Å². The van der Waals surface area contributed by atoms with Crippen LogP contribution in [0.3, 0.4) is 0 Å². The molecular weight excluding hydrogens is 255 g/mol. The zero-order valence-corrected chi connectivity index (χ0v) is 10.4. The zero-order chi connectivity index (χ0) is 13.0. The topological polar surface area (TPSA) is 30.2 Å². The lowest BCUT2D eigenvalue weighted by atomic mass is 10.0. The highest BCUT2D eigenvalue weighted by Crippen LogP contribution is 2.18. The molecule has 2 aromatic rings. The number of Topliss-reactive ketones (excluding diaryl/α,β-unsaturated/α-hetero) is 1. The minimum Gasteiger partial charge on any atom is -0.469 e. The van der Waals surface area contributed by atoms with Crippen LogP contribution in [-0.4, -0.2) is 5.78 Å². The number of hydrogen-bond acceptors (Lipinski definition) is 2. The summed E-state index contributed by atoms with van der Waals surface area (Å²) in [4.78, 5) is 11.7. The summed E-state index contributed by atoms with van der Waals surface area (Å²) in [6.45, 7) is 0. The van der Waals surface area contributed by atoms with E-state index in [1.807, 2.05) is 6.07 Å². The average molecular weight is 267 g/mol. The Morgan fingerprint density at radius 2 is 2.17 bits per heavy atom. The predicted octanol–water partition coefficient (Wildman–Crippen LogP) is 3.82. The molecule has 4 heteroatoms. The Hall–Kier alpha value is -1.61. The van der Waals surface area contributed by atoms with Crippen molar-refractivity contribution in [2.75, 3.05) is 0 Å². The van der Waals surface area contributed by atoms with Gasteiger partial charge in [0.15, 0.2) is 0 Å². The molecule has 0 saturated carbocycles. The fourth-order valence-corrected chi connectivity index (χ4v) is 1.88. The second-order valence-corrected chi connectivity index (χ2v) is 4.44. The van der Waals surface area contributed by atoms with Crippen molar-refractivity contribution in [2.45, 2.75) is 19.3 Å². The lowest BCUT2D eigenvalue weighted by Gasteiger charge is -2.03. The Balaban J connectivity index is 1.92. The van der Waals surface area contributed by atoms with Crippen LogP contribution in [0.5, 0.6) is 0 Å². The first-order valence-electron chi connectivity index (χ1n) is 5.63. The van der Waals surface area contributed by atoms with Gasteiger partial charge in [0.1, 0.15) is 17.4 Å². The number of benzene rings is 1. The SMILES string of the molecule is O=C(CCc1ccco1)Cc1cc(F)ccc1Cl. The molecule has 0 aliphatic heterocycles. The van der Waals surface area contributed by atoms with Gasteiger partial charge in [0.05, 0.1) is 6.26 Å². The smallest absolute Gasteiger partial charge is 0.137 e. The van der Waals surface area contributed by atoms with Crippen LogP contribution >= 0.6 is 11.6 Å². The van der Waals surface area contributed by atoms with Gasteiger partial charge < -0.3 is 4.42 Å². The van der Waals surface area contributed by atoms with Gasteiger partial charge >= 0.3 is 0 Å². The van der Waals surface area contributed by atoms with Gasteiger partial charge in [0.25, 0.3) is 0 Å². The van der Waals surface area contributed by atoms with Crippen molar-refractivity contribution in [3.8, 4) is 0 Å². The highest BCUT2D eigenvalue weighted by atomic mass is 35.5. The number of carbonyl (C=O) groups excluding carboxylic acids is 1. The van der Waals surface area contributed by atoms with Crippen molar-refractivity contribution >= 4 is 17.4 Å². The predicted molar refractivity (Wildman–Crippen MR) is 67.2 cm³/mol. The molecule has 2 rings (SSSR count). The molecule has 0 N–H and O–H groups in total. The summed E-state index contributed by atoms with van der Waals surface area (Å²) in [6.07, 6.45) is 2.64. The zero-order valence-electron chi connectivity index (χ0n) is 9.66. The fourth-order valence-electron chi connectivity index (χ4n) is 1.70. The number of halogens is 2. The van der Waals surface area contributed by atoms with Gasteiger partial charge in [-0.2, -0.15) is 0 Å². The van der Waals surface area contributed by atoms with Gasteiger partial charge in [-0.25, -0.2) is 4.39 Å². The van der Waals surface area contributed by atoms with Crippen molar-refractivity contribution in [3.05, 3.63) is 58.8 Å². The maximum absolute atomic E-state index is 13.0. The Morgan fingerprint density at radius 3 is 2.89 bits per heavy atom. The lowest BCUT2D eigenvalue weighted by molar-refractivity contribution is -0.118. The number of furan rings is 1. The standard InChI is InChI=1S/C14H12ClFO2/c15-14-6-3-11(16)8-10(14)9-12(17)4-5-13-2-1-7-18-13/h1-3,6-8H,4-5,9H2. The van der Waals surface area contributed by atoms with Crippen LogP contribution in [0.25, 0.3) is 0 Å².